The van der Waals surface area contributed by atoms with Crippen molar-refractivity contribution in [3.05, 3.63) is 35.4 Å². The molecule has 16 heavy (non-hydrogen) atoms. The van der Waals surface area contributed by atoms with E-state index in [1.165, 1.54) is 6.07 Å². The van der Waals surface area contributed by atoms with Gasteiger partial charge in [-0.05, 0) is 18.1 Å². The van der Waals surface area contributed by atoms with Crippen molar-refractivity contribution in [1.82, 2.24) is 0 Å². The van der Waals surface area contributed by atoms with Crippen LogP contribution in [-0.4, -0.2) is 17.6 Å². The van der Waals surface area contributed by atoms with Crippen LogP contribution >= 0.6 is 12.4 Å². The smallest absolute Gasteiger partial charge is 0.308 e. The van der Waals surface area contributed by atoms with Crippen molar-refractivity contribution < 1.29 is 18.7 Å². The van der Waals surface area contributed by atoms with Gasteiger partial charge in [0.25, 0.3) is 0 Å². The molecule has 0 spiro atoms. The number of halogens is 3. The summed E-state index contributed by atoms with van der Waals surface area (Å²) in [5.41, 5.74) is 5.39. The lowest BCUT2D eigenvalue weighted by Crippen LogP contribution is -2.25. The Morgan fingerprint density at radius 3 is 2.50 bits per heavy atom. The summed E-state index contributed by atoms with van der Waals surface area (Å²) in [7, 11) is 0. The highest BCUT2D eigenvalue weighted by atomic mass is 35.5. The lowest BCUT2D eigenvalue weighted by molar-refractivity contribution is -0.141. The van der Waals surface area contributed by atoms with Crippen molar-refractivity contribution >= 4 is 18.4 Å². The molecule has 1 aromatic carbocycles. The minimum Gasteiger partial charge on any atom is -0.481 e. The van der Waals surface area contributed by atoms with Gasteiger partial charge >= 0.3 is 5.97 Å². The van der Waals surface area contributed by atoms with Gasteiger partial charge in [-0.1, -0.05) is 6.07 Å². The van der Waals surface area contributed by atoms with Crippen LogP contribution in [-0.2, 0) is 11.2 Å². The molecular formula is C10H12ClF2NO2. The highest BCUT2D eigenvalue weighted by molar-refractivity contribution is 5.85. The van der Waals surface area contributed by atoms with Gasteiger partial charge in [0.1, 0.15) is 11.6 Å². The molecule has 0 unspecified atom stereocenters. The monoisotopic (exact) mass is 251 g/mol. The Morgan fingerprint density at radius 1 is 1.44 bits per heavy atom. The topological polar surface area (TPSA) is 63.3 Å². The van der Waals surface area contributed by atoms with Gasteiger partial charge in [-0.3, -0.25) is 4.79 Å². The zero-order chi connectivity index (χ0) is 11.4. The fraction of sp³-hybridized carbons (Fsp3) is 0.300. The van der Waals surface area contributed by atoms with Gasteiger partial charge in [0.05, 0.1) is 5.92 Å². The first-order valence-electron chi connectivity index (χ1n) is 4.41. The summed E-state index contributed by atoms with van der Waals surface area (Å²) < 4.78 is 25.7. The summed E-state index contributed by atoms with van der Waals surface area (Å²) in [6.45, 7) is -0.0772. The van der Waals surface area contributed by atoms with Crippen molar-refractivity contribution in [2.45, 2.75) is 6.42 Å². The quantitative estimate of drug-likeness (QED) is 0.854. The minimum absolute atomic E-state index is 0. The summed E-state index contributed by atoms with van der Waals surface area (Å²) >= 11 is 0. The fourth-order valence-corrected chi connectivity index (χ4v) is 1.22. The molecule has 3 N–H and O–H groups in total. The zero-order valence-corrected chi connectivity index (χ0v) is 9.14. The third-order valence-electron chi connectivity index (χ3n) is 2.12. The van der Waals surface area contributed by atoms with E-state index in [-0.39, 0.29) is 30.9 Å². The molecule has 0 aliphatic heterocycles. The minimum atomic E-state index is -1.08. The van der Waals surface area contributed by atoms with Gasteiger partial charge in [0.15, 0.2) is 0 Å². The molecule has 3 nitrogen and oxygen atoms in total. The van der Waals surface area contributed by atoms with E-state index in [0.717, 1.165) is 12.1 Å². The Labute approximate surface area is 97.7 Å². The first-order valence-corrected chi connectivity index (χ1v) is 4.41. The highest BCUT2D eigenvalue weighted by Crippen LogP contribution is 2.14. The molecule has 1 atom stereocenters. The molecule has 0 aliphatic carbocycles. The largest absolute Gasteiger partial charge is 0.481 e. The average Bonchev–Trinajstić information content (AvgIpc) is 2.16. The maximum absolute atomic E-state index is 13.1. The molecule has 0 bridgehead atoms. The van der Waals surface area contributed by atoms with Crippen molar-refractivity contribution in [2.24, 2.45) is 11.7 Å². The predicted octanol–water partition coefficient (Wildman–Crippen LogP) is 1.59. The van der Waals surface area contributed by atoms with Gasteiger partial charge in [-0.25, -0.2) is 8.78 Å². The van der Waals surface area contributed by atoms with E-state index < -0.39 is 23.5 Å². The maximum Gasteiger partial charge on any atom is 0.308 e. The number of nitrogens with two attached hydrogens (primary N) is 1. The number of benzene rings is 1. The van der Waals surface area contributed by atoms with Crippen molar-refractivity contribution in [3.8, 4) is 0 Å². The first kappa shape index (κ1) is 14.8. The Kier molecular flexibility index (Phi) is 5.92. The van der Waals surface area contributed by atoms with Gasteiger partial charge in [-0.2, -0.15) is 0 Å². The molecule has 0 aromatic heterocycles. The summed E-state index contributed by atoms with van der Waals surface area (Å²) in [6, 6.07) is 3.05. The summed E-state index contributed by atoms with van der Waals surface area (Å²) in [5.74, 6) is -3.35. The van der Waals surface area contributed by atoms with E-state index in [0.29, 0.717) is 0 Å². The lowest BCUT2D eigenvalue weighted by Gasteiger charge is -2.09. The molecule has 0 fully saturated rings. The van der Waals surface area contributed by atoms with Crippen molar-refractivity contribution in [3.63, 3.8) is 0 Å². The molecule has 90 valence electrons. The molecule has 0 aliphatic rings. The number of aliphatic carboxylic acids is 1. The lowest BCUT2D eigenvalue weighted by atomic mass is 9.99. The molecular weight excluding hydrogens is 240 g/mol. The highest BCUT2D eigenvalue weighted by Gasteiger charge is 2.17. The van der Waals surface area contributed by atoms with Crippen LogP contribution in [0.15, 0.2) is 18.2 Å². The number of carboxylic acid groups (broad SMARTS) is 1. The third-order valence-corrected chi connectivity index (χ3v) is 2.12. The van der Waals surface area contributed by atoms with E-state index in [4.69, 9.17) is 10.8 Å². The number of hydrogen-bond donors (Lipinski definition) is 2. The van der Waals surface area contributed by atoms with Gasteiger partial charge in [0, 0.05) is 12.6 Å². The van der Waals surface area contributed by atoms with Gasteiger partial charge in [-0.15, -0.1) is 12.4 Å². The molecule has 1 aromatic rings. The molecule has 6 heteroatoms. The SMILES string of the molecule is Cl.NC[C@H](Cc1ccc(F)cc1F)C(=O)O. The summed E-state index contributed by atoms with van der Waals surface area (Å²) in [5, 5.41) is 8.70. The third kappa shape index (κ3) is 3.75. The summed E-state index contributed by atoms with van der Waals surface area (Å²) in [4.78, 5) is 10.6. The van der Waals surface area contributed by atoms with Crippen molar-refractivity contribution in [2.75, 3.05) is 6.54 Å². The Hall–Kier alpha value is -1.20. The fourth-order valence-electron chi connectivity index (χ4n) is 1.22. The van der Waals surface area contributed by atoms with Gasteiger partial charge in [0.2, 0.25) is 0 Å². The molecule has 0 saturated carbocycles. The van der Waals surface area contributed by atoms with E-state index >= 15 is 0 Å². The van der Waals surface area contributed by atoms with Crippen LogP contribution in [0.2, 0.25) is 0 Å². The van der Waals surface area contributed by atoms with Crippen LogP contribution in [0.5, 0.6) is 0 Å². The second-order valence-corrected chi connectivity index (χ2v) is 3.21. The second-order valence-electron chi connectivity index (χ2n) is 3.21. The van der Waals surface area contributed by atoms with Gasteiger partial charge < -0.3 is 10.8 Å². The van der Waals surface area contributed by atoms with E-state index in [2.05, 4.69) is 0 Å². The molecule has 0 heterocycles. The number of carbonyl (C=O) groups is 1. The van der Waals surface area contributed by atoms with Crippen LogP contribution in [0.1, 0.15) is 5.56 Å². The zero-order valence-electron chi connectivity index (χ0n) is 8.32. The predicted molar refractivity (Wildman–Crippen MR) is 57.5 cm³/mol. The Balaban J connectivity index is 0.00000225. The van der Waals surface area contributed by atoms with E-state index in [1.807, 2.05) is 0 Å². The Bertz CT molecular complexity index is 374. The first-order chi connectivity index (χ1) is 7.04. The molecule has 0 radical (unpaired) electrons. The molecule has 0 saturated heterocycles. The molecule has 1 rings (SSSR count). The van der Waals surface area contributed by atoms with Crippen LogP contribution < -0.4 is 5.73 Å². The Morgan fingerprint density at radius 2 is 2.06 bits per heavy atom. The van der Waals surface area contributed by atoms with E-state index in [1.54, 1.807) is 0 Å². The summed E-state index contributed by atoms with van der Waals surface area (Å²) in [6.07, 6.45) is -0.0298. The second kappa shape index (κ2) is 6.40. The van der Waals surface area contributed by atoms with Crippen LogP contribution in [0.3, 0.4) is 0 Å². The van der Waals surface area contributed by atoms with Crippen molar-refractivity contribution in [1.29, 1.82) is 0 Å². The standard InChI is InChI=1S/C10H11F2NO2.ClH/c11-8-2-1-6(9(12)4-8)3-7(5-13)10(14)15;/h1-2,4,7H,3,5,13H2,(H,14,15);1H/t7-;/m0./s1. The maximum atomic E-state index is 13.1. The average molecular weight is 252 g/mol. The van der Waals surface area contributed by atoms with Crippen LogP contribution in [0.4, 0.5) is 8.78 Å². The number of carboxylic acids is 1. The van der Waals surface area contributed by atoms with Crippen LogP contribution in [0, 0.1) is 17.6 Å². The number of rotatable bonds is 4. The number of hydrogen-bond acceptors (Lipinski definition) is 2. The van der Waals surface area contributed by atoms with Crippen LogP contribution in [0.25, 0.3) is 0 Å². The molecule has 0 amide bonds. The van der Waals surface area contributed by atoms with E-state index in [9.17, 15) is 13.6 Å². The normalized spacial score (nSPS) is 11.7.